The van der Waals surface area contributed by atoms with Crippen LogP contribution in [0.25, 0.3) is 16.9 Å². The number of aromatic nitrogens is 8. The van der Waals surface area contributed by atoms with Crippen LogP contribution in [0.2, 0.25) is 0 Å². The summed E-state index contributed by atoms with van der Waals surface area (Å²) >= 11 is 3.31. The van der Waals surface area contributed by atoms with Gasteiger partial charge in [-0.05, 0) is 40.0 Å². The molecule has 37 heavy (non-hydrogen) atoms. The van der Waals surface area contributed by atoms with Crippen LogP contribution in [-0.2, 0) is 32.0 Å². The molecule has 0 amide bonds. The molecular formula is C23H22BrF3N8O2. The molecule has 0 radical (unpaired) electrons. The fraction of sp³-hybridized carbons (Fsp3) is 0.391. The number of hydrogen-bond donors (Lipinski definition) is 1. The molecule has 0 fully saturated rings. The zero-order valence-corrected chi connectivity index (χ0v) is 21.3. The van der Waals surface area contributed by atoms with E-state index < -0.39 is 11.7 Å². The van der Waals surface area contributed by atoms with Crippen LogP contribution in [0.4, 0.5) is 13.2 Å². The molecule has 0 saturated carbocycles. The van der Waals surface area contributed by atoms with Crippen molar-refractivity contribution in [1.29, 1.82) is 0 Å². The number of halogens is 4. The molecule has 4 heterocycles. The van der Waals surface area contributed by atoms with E-state index >= 15 is 0 Å². The smallest absolute Gasteiger partial charge is 0.339 e. The first-order chi connectivity index (χ1) is 17.7. The average Bonchev–Trinajstić information content (AvgIpc) is 3.58. The molecule has 0 saturated heterocycles. The Morgan fingerprint density at radius 3 is 2.59 bits per heavy atom. The van der Waals surface area contributed by atoms with Crippen LogP contribution in [-0.4, -0.2) is 39.3 Å². The molecule has 1 N–H and O–H groups in total. The van der Waals surface area contributed by atoms with Crippen molar-refractivity contribution >= 4 is 32.9 Å². The molecule has 194 valence electrons. The van der Waals surface area contributed by atoms with Crippen molar-refractivity contribution in [3.8, 4) is 0 Å². The minimum Gasteiger partial charge on any atom is -0.339 e. The molecule has 0 unspecified atom stereocenters. The number of fused-ring (bicyclic) bond motifs is 2. The van der Waals surface area contributed by atoms with Gasteiger partial charge in [0.1, 0.15) is 5.82 Å². The lowest BCUT2D eigenvalue weighted by Crippen LogP contribution is -2.21. The highest BCUT2D eigenvalue weighted by Crippen LogP contribution is 2.29. The quantitative estimate of drug-likeness (QED) is 0.202. The molecule has 0 aliphatic carbocycles. The molecule has 5 rings (SSSR count). The average molecular weight is 579 g/mol. The fourth-order valence-corrected chi connectivity index (χ4v) is 4.51. The van der Waals surface area contributed by atoms with Crippen LogP contribution >= 0.6 is 15.9 Å². The van der Waals surface area contributed by atoms with E-state index in [4.69, 9.17) is 4.52 Å². The maximum atomic E-state index is 13.2. The number of rotatable bonds is 9. The molecule has 0 bridgehead atoms. The Labute approximate surface area is 216 Å². The summed E-state index contributed by atoms with van der Waals surface area (Å²) in [5.41, 5.74) is 0.484. The second-order valence-corrected chi connectivity index (χ2v) is 9.37. The van der Waals surface area contributed by atoms with E-state index in [1.165, 1.54) is 16.5 Å². The summed E-state index contributed by atoms with van der Waals surface area (Å²) < 4.78 is 47.4. The van der Waals surface area contributed by atoms with Crippen LogP contribution in [0.5, 0.6) is 0 Å². The van der Waals surface area contributed by atoms with Gasteiger partial charge in [0.25, 0.3) is 5.56 Å². The van der Waals surface area contributed by atoms with E-state index in [1.807, 2.05) is 4.57 Å². The number of unbranched alkanes of at least 4 members (excludes halogenated alkanes) is 2. The third-order valence-corrected chi connectivity index (χ3v) is 6.36. The summed E-state index contributed by atoms with van der Waals surface area (Å²) in [6.07, 6.45) is -0.562. The van der Waals surface area contributed by atoms with Gasteiger partial charge in [-0.2, -0.15) is 18.2 Å². The maximum Gasteiger partial charge on any atom is 0.416 e. The number of aryl methyl sites for hydroxylation is 3. The van der Waals surface area contributed by atoms with E-state index in [-0.39, 0.29) is 12.0 Å². The SMILES string of the molecule is CCCCCn1c2nc(Br)[nH]c2c(=O)n2c(CCc3nc(Cc4ccc(C(F)(F)F)cc4)no3)nnc12. The predicted molar refractivity (Wildman–Crippen MR) is 130 cm³/mol. The van der Waals surface area contributed by atoms with Crippen molar-refractivity contribution in [3.05, 3.63) is 68.0 Å². The van der Waals surface area contributed by atoms with Gasteiger partial charge in [-0.1, -0.05) is 37.1 Å². The van der Waals surface area contributed by atoms with Gasteiger partial charge < -0.3 is 9.51 Å². The lowest BCUT2D eigenvalue weighted by Gasteiger charge is -2.09. The second kappa shape index (κ2) is 10.1. The maximum absolute atomic E-state index is 13.2. The monoisotopic (exact) mass is 578 g/mol. The highest BCUT2D eigenvalue weighted by atomic mass is 79.9. The Hall–Kier alpha value is -3.55. The van der Waals surface area contributed by atoms with Crippen molar-refractivity contribution in [2.24, 2.45) is 0 Å². The highest BCUT2D eigenvalue weighted by Gasteiger charge is 2.30. The van der Waals surface area contributed by atoms with Gasteiger partial charge in [-0.3, -0.25) is 9.36 Å². The molecule has 5 aromatic rings. The minimum atomic E-state index is -4.39. The van der Waals surface area contributed by atoms with Crippen LogP contribution in [0.3, 0.4) is 0 Å². The number of nitrogens with one attached hydrogen (secondary N) is 1. The number of benzene rings is 1. The van der Waals surface area contributed by atoms with Crippen molar-refractivity contribution in [2.75, 3.05) is 0 Å². The molecule has 0 spiro atoms. The van der Waals surface area contributed by atoms with Gasteiger partial charge >= 0.3 is 6.18 Å². The van der Waals surface area contributed by atoms with Gasteiger partial charge in [0, 0.05) is 25.8 Å². The first-order valence-corrected chi connectivity index (χ1v) is 12.5. The normalized spacial score (nSPS) is 12.2. The largest absolute Gasteiger partial charge is 0.416 e. The Kier molecular flexibility index (Phi) is 6.84. The number of H-pyrrole nitrogens is 1. The molecule has 1 aromatic carbocycles. The summed E-state index contributed by atoms with van der Waals surface area (Å²) in [7, 11) is 0. The highest BCUT2D eigenvalue weighted by molar-refractivity contribution is 9.10. The number of imidazole rings is 1. The molecule has 10 nitrogen and oxygen atoms in total. The van der Waals surface area contributed by atoms with E-state index in [0.717, 1.165) is 31.4 Å². The minimum absolute atomic E-state index is 0.227. The number of alkyl halides is 3. The van der Waals surface area contributed by atoms with Gasteiger partial charge in [-0.15, -0.1) is 10.2 Å². The standard InChI is InChI=1S/C23H22BrF3N8O2/c1-2-3-4-11-34-19-18(29-21(24)30-19)20(36)35-16(31-32-22(34)35)9-10-17-28-15(33-37-17)12-13-5-7-14(8-6-13)23(25,26)27/h5-8H,2-4,9-12H2,1H3,(H,29,30). The van der Waals surface area contributed by atoms with Gasteiger partial charge in [0.05, 0.1) is 5.56 Å². The lowest BCUT2D eigenvalue weighted by molar-refractivity contribution is -0.137. The molecule has 4 aromatic heterocycles. The first-order valence-electron chi connectivity index (χ1n) is 11.7. The third kappa shape index (κ3) is 5.15. The number of nitrogens with zero attached hydrogens (tertiary/aromatic N) is 7. The summed E-state index contributed by atoms with van der Waals surface area (Å²) in [6, 6.07) is 4.83. The van der Waals surface area contributed by atoms with Crippen LogP contribution < -0.4 is 5.56 Å². The first kappa shape index (κ1) is 25.1. The molecule has 14 heteroatoms. The predicted octanol–water partition coefficient (Wildman–Crippen LogP) is 4.50. The van der Waals surface area contributed by atoms with Crippen molar-refractivity contribution in [3.63, 3.8) is 0 Å². The zero-order chi connectivity index (χ0) is 26.2. The number of aromatic amines is 1. The van der Waals surface area contributed by atoms with Crippen molar-refractivity contribution in [1.82, 2.24) is 39.3 Å². The van der Waals surface area contributed by atoms with E-state index in [1.54, 1.807) is 0 Å². The topological polar surface area (TPSA) is 120 Å². The van der Waals surface area contributed by atoms with E-state index in [0.29, 0.717) is 64.2 Å². The van der Waals surface area contributed by atoms with Crippen LogP contribution in [0, 0.1) is 0 Å². The van der Waals surface area contributed by atoms with Gasteiger partial charge in [0.2, 0.25) is 11.7 Å². The Bertz CT molecular complexity index is 1600. The third-order valence-electron chi connectivity index (χ3n) is 5.98. The van der Waals surface area contributed by atoms with Gasteiger partial charge in [0.15, 0.2) is 21.7 Å². The fourth-order valence-electron chi connectivity index (χ4n) is 4.14. The summed E-state index contributed by atoms with van der Waals surface area (Å²) in [6.45, 7) is 2.75. The Morgan fingerprint density at radius 2 is 1.86 bits per heavy atom. The van der Waals surface area contributed by atoms with E-state index in [2.05, 4.69) is 53.2 Å². The van der Waals surface area contributed by atoms with Gasteiger partial charge in [-0.25, -0.2) is 9.38 Å². The molecular weight excluding hydrogens is 557 g/mol. The molecule has 0 aliphatic rings. The molecule has 0 atom stereocenters. The second-order valence-electron chi connectivity index (χ2n) is 8.62. The van der Waals surface area contributed by atoms with E-state index in [9.17, 15) is 18.0 Å². The lowest BCUT2D eigenvalue weighted by atomic mass is 10.1. The van der Waals surface area contributed by atoms with Crippen LogP contribution in [0.1, 0.15) is 54.9 Å². The number of hydrogen-bond acceptors (Lipinski definition) is 7. The Balaban J connectivity index is 1.35. The summed E-state index contributed by atoms with van der Waals surface area (Å²) in [4.78, 5) is 24.9. The summed E-state index contributed by atoms with van der Waals surface area (Å²) in [5, 5.41) is 12.4. The Morgan fingerprint density at radius 1 is 1.08 bits per heavy atom. The van der Waals surface area contributed by atoms with Crippen molar-refractivity contribution < 1.29 is 17.7 Å². The van der Waals surface area contributed by atoms with Crippen molar-refractivity contribution in [2.45, 2.75) is 58.2 Å². The zero-order valence-electron chi connectivity index (χ0n) is 19.7. The van der Waals surface area contributed by atoms with Crippen LogP contribution in [0.15, 0.2) is 38.3 Å². The summed E-state index contributed by atoms with van der Waals surface area (Å²) in [5.74, 6) is 1.53. The molecule has 0 aliphatic heterocycles.